The SMILES string of the molecule is CC(O)CC(C)CNC(=O)Cc1cc2ccccc2[nH]c1=O. The van der Waals surface area contributed by atoms with Crippen molar-refractivity contribution in [1.29, 1.82) is 0 Å². The maximum absolute atomic E-state index is 12.0. The molecule has 5 nitrogen and oxygen atoms in total. The molecular weight excluding hydrogens is 280 g/mol. The number of benzene rings is 1. The van der Waals surface area contributed by atoms with Crippen molar-refractivity contribution in [2.75, 3.05) is 6.54 Å². The fourth-order valence-corrected chi connectivity index (χ4v) is 2.51. The van der Waals surface area contributed by atoms with Gasteiger partial charge in [-0.15, -0.1) is 0 Å². The van der Waals surface area contributed by atoms with E-state index in [0.29, 0.717) is 18.5 Å². The van der Waals surface area contributed by atoms with E-state index >= 15 is 0 Å². The van der Waals surface area contributed by atoms with E-state index in [1.54, 1.807) is 13.0 Å². The second kappa shape index (κ2) is 7.22. The highest BCUT2D eigenvalue weighted by atomic mass is 16.3. The zero-order chi connectivity index (χ0) is 16.1. The first-order valence-corrected chi connectivity index (χ1v) is 7.51. The number of amides is 1. The van der Waals surface area contributed by atoms with E-state index in [0.717, 1.165) is 10.9 Å². The summed E-state index contributed by atoms with van der Waals surface area (Å²) >= 11 is 0. The monoisotopic (exact) mass is 302 g/mol. The number of aliphatic hydroxyl groups excluding tert-OH is 1. The molecule has 22 heavy (non-hydrogen) atoms. The molecule has 1 aromatic heterocycles. The van der Waals surface area contributed by atoms with Gasteiger partial charge >= 0.3 is 0 Å². The number of H-pyrrole nitrogens is 1. The van der Waals surface area contributed by atoms with Gasteiger partial charge in [-0.25, -0.2) is 0 Å². The molecule has 2 unspecified atom stereocenters. The topological polar surface area (TPSA) is 82.2 Å². The average Bonchev–Trinajstić information content (AvgIpc) is 2.45. The van der Waals surface area contributed by atoms with Crippen LogP contribution in [0.15, 0.2) is 35.1 Å². The summed E-state index contributed by atoms with van der Waals surface area (Å²) in [4.78, 5) is 26.7. The highest BCUT2D eigenvalue weighted by Crippen LogP contribution is 2.10. The third-order valence-electron chi connectivity index (χ3n) is 3.57. The number of carbonyl (C=O) groups excluding carboxylic acids is 1. The molecule has 2 aromatic rings. The van der Waals surface area contributed by atoms with Gasteiger partial charge in [0.25, 0.3) is 5.56 Å². The summed E-state index contributed by atoms with van der Waals surface area (Å²) in [6, 6.07) is 9.24. The Morgan fingerprint density at radius 2 is 2.05 bits per heavy atom. The lowest BCUT2D eigenvalue weighted by molar-refractivity contribution is -0.120. The highest BCUT2D eigenvalue weighted by Gasteiger charge is 2.11. The predicted octanol–water partition coefficient (Wildman–Crippen LogP) is 1.59. The molecule has 0 aliphatic heterocycles. The fourth-order valence-electron chi connectivity index (χ4n) is 2.51. The summed E-state index contributed by atoms with van der Waals surface area (Å²) in [6.45, 7) is 4.19. The Hall–Kier alpha value is -2.14. The molecule has 3 N–H and O–H groups in total. The number of pyridine rings is 1. The number of aromatic amines is 1. The zero-order valence-corrected chi connectivity index (χ0v) is 12.9. The van der Waals surface area contributed by atoms with Crippen molar-refractivity contribution in [2.24, 2.45) is 5.92 Å². The van der Waals surface area contributed by atoms with E-state index < -0.39 is 0 Å². The van der Waals surface area contributed by atoms with Gasteiger partial charge in [0.2, 0.25) is 5.91 Å². The molecule has 0 radical (unpaired) electrons. The second-order valence-electron chi connectivity index (χ2n) is 5.88. The van der Waals surface area contributed by atoms with Gasteiger partial charge in [-0.1, -0.05) is 25.1 Å². The lowest BCUT2D eigenvalue weighted by Gasteiger charge is -2.14. The minimum Gasteiger partial charge on any atom is -0.393 e. The number of rotatable bonds is 6. The maximum Gasteiger partial charge on any atom is 0.252 e. The first-order valence-electron chi connectivity index (χ1n) is 7.51. The van der Waals surface area contributed by atoms with Crippen LogP contribution in [0.4, 0.5) is 0 Å². The van der Waals surface area contributed by atoms with Crippen LogP contribution in [0.2, 0.25) is 0 Å². The molecule has 1 aromatic carbocycles. The number of carbonyl (C=O) groups is 1. The largest absolute Gasteiger partial charge is 0.393 e. The van der Waals surface area contributed by atoms with Crippen molar-refractivity contribution in [3.63, 3.8) is 0 Å². The molecule has 0 aliphatic carbocycles. The summed E-state index contributed by atoms with van der Waals surface area (Å²) < 4.78 is 0. The Balaban J connectivity index is 2.00. The van der Waals surface area contributed by atoms with Crippen LogP contribution >= 0.6 is 0 Å². The van der Waals surface area contributed by atoms with Crippen molar-refractivity contribution in [3.8, 4) is 0 Å². The predicted molar refractivity (Wildman–Crippen MR) is 86.7 cm³/mol. The van der Waals surface area contributed by atoms with Crippen LogP contribution in [0.1, 0.15) is 25.8 Å². The number of hydrogen-bond donors (Lipinski definition) is 3. The first kappa shape index (κ1) is 16.2. The van der Waals surface area contributed by atoms with Gasteiger partial charge in [0.05, 0.1) is 12.5 Å². The fraction of sp³-hybridized carbons (Fsp3) is 0.412. The molecule has 2 rings (SSSR count). The Labute approximate surface area is 129 Å². The van der Waals surface area contributed by atoms with Crippen molar-refractivity contribution in [1.82, 2.24) is 10.3 Å². The van der Waals surface area contributed by atoms with Crippen LogP contribution in [0.3, 0.4) is 0 Å². The van der Waals surface area contributed by atoms with Gasteiger partial charge in [0, 0.05) is 17.6 Å². The van der Waals surface area contributed by atoms with Crippen molar-refractivity contribution >= 4 is 16.8 Å². The molecular formula is C17H22N2O3. The Kier molecular flexibility index (Phi) is 5.33. The summed E-state index contributed by atoms with van der Waals surface area (Å²) in [5.41, 5.74) is 0.993. The van der Waals surface area contributed by atoms with Gasteiger partial charge < -0.3 is 15.4 Å². The van der Waals surface area contributed by atoms with Gasteiger partial charge in [-0.05, 0) is 36.8 Å². The minimum absolute atomic E-state index is 0.0571. The van der Waals surface area contributed by atoms with E-state index in [9.17, 15) is 14.7 Å². The highest BCUT2D eigenvalue weighted by molar-refractivity contribution is 5.82. The molecule has 1 amide bonds. The summed E-state index contributed by atoms with van der Waals surface area (Å²) in [6.07, 6.45) is 0.313. The van der Waals surface area contributed by atoms with Gasteiger partial charge in [-0.3, -0.25) is 9.59 Å². The number of aliphatic hydroxyl groups is 1. The normalized spacial score (nSPS) is 13.8. The van der Waals surface area contributed by atoms with Crippen LogP contribution in [0.5, 0.6) is 0 Å². The average molecular weight is 302 g/mol. The van der Waals surface area contributed by atoms with E-state index in [4.69, 9.17) is 0 Å². The number of aromatic nitrogens is 1. The van der Waals surface area contributed by atoms with Crippen molar-refractivity contribution in [3.05, 3.63) is 46.2 Å². The molecule has 2 atom stereocenters. The van der Waals surface area contributed by atoms with Crippen molar-refractivity contribution in [2.45, 2.75) is 32.8 Å². The van der Waals surface area contributed by atoms with E-state index in [1.807, 2.05) is 31.2 Å². The quantitative estimate of drug-likeness (QED) is 0.758. The minimum atomic E-state index is -0.379. The van der Waals surface area contributed by atoms with E-state index in [1.165, 1.54) is 0 Å². The summed E-state index contributed by atoms with van der Waals surface area (Å²) in [5, 5.41) is 13.0. The van der Waals surface area contributed by atoms with Crippen LogP contribution in [-0.4, -0.2) is 28.6 Å². The molecule has 5 heteroatoms. The Bertz CT molecular complexity index is 706. The standard InChI is InChI=1S/C17H22N2O3/c1-11(7-12(2)20)10-18-16(21)9-14-8-13-5-3-4-6-15(13)19-17(14)22/h3-6,8,11-12,20H,7,9-10H2,1-2H3,(H,18,21)(H,19,22). The van der Waals surface area contributed by atoms with Crippen LogP contribution in [-0.2, 0) is 11.2 Å². The van der Waals surface area contributed by atoms with Crippen molar-refractivity contribution < 1.29 is 9.90 Å². The van der Waals surface area contributed by atoms with Gasteiger partial charge in [-0.2, -0.15) is 0 Å². The molecule has 0 saturated carbocycles. The number of para-hydroxylation sites is 1. The van der Waals surface area contributed by atoms with E-state index in [2.05, 4.69) is 10.3 Å². The zero-order valence-electron chi connectivity index (χ0n) is 12.9. The number of nitrogens with one attached hydrogen (secondary N) is 2. The van der Waals surface area contributed by atoms with Crippen LogP contribution in [0.25, 0.3) is 10.9 Å². The molecule has 0 saturated heterocycles. The van der Waals surface area contributed by atoms with Crippen LogP contribution < -0.4 is 10.9 Å². The third kappa shape index (κ3) is 4.43. The molecule has 0 fully saturated rings. The van der Waals surface area contributed by atoms with Gasteiger partial charge in [0.1, 0.15) is 0 Å². The van der Waals surface area contributed by atoms with Gasteiger partial charge in [0.15, 0.2) is 0 Å². The molecule has 1 heterocycles. The molecule has 118 valence electrons. The maximum atomic E-state index is 12.0. The third-order valence-corrected chi connectivity index (χ3v) is 3.57. The number of fused-ring (bicyclic) bond motifs is 1. The lowest BCUT2D eigenvalue weighted by Crippen LogP contribution is -2.32. The first-order chi connectivity index (χ1) is 10.5. The molecule has 0 bridgehead atoms. The lowest BCUT2D eigenvalue weighted by atomic mass is 10.0. The Morgan fingerprint density at radius 1 is 1.32 bits per heavy atom. The smallest absolute Gasteiger partial charge is 0.252 e. The number of hydrogen-bond acceptors (Lipinski definition) is 3. The van der Waals surface area contributed by atoms with Crippen LogP contribution in [0, 0.1) is 5.92 Å². The molecule has 0 aliphatic rings. The summed E-state index contributed by atoms with van der Waals surface area (Å²) in [5.74, 6) is 0.0112. The summed E-state index contributed by atoms with van der Waals surface area (Å²) in [7, 11) is 0. The second-order valence-corrected chi connectivity index (χ2v) is 5.88. The molecule has 0 spiro atoms. The Morgan fingerprint density at radius 3 is 2.77 bits per heavy atom. The van der Waals surface area contributed by atoms with E-state index in [-0.39, 0.29) is 29.9 Å².